The molecule has 2 rings (SSSR count). The SMILES string of the molecule is COc1ccc(CC(OC(C)C)C(=O)O)cc1C=NOCc1ccc(Br)cc1F. The van der Waals surface area contributed by atoms with Gasteiger partial charge in [-0.05, 0) is 43.7 Å². The highest BCUT2D eigenvalue weighted by molar-refractivity contribution is 9.10. The molecule has 2 aromatic rings. The fourth-order valence-electron chi connectivity index (χ4n) is 2.59. The smallest absolute Gasteiger partial charge is 0.333 e. The first kappa shape index (κ1) is 22.8. The second-order valence-electron chi connectivity index (χ2n) is 6.54. The summed E-state index contributed by atoms with van der Waals surface area (Å²) in [6.07, 6.45) is 0.481. The molecular formula is C21H23BrFNO5. The molecule has 0 amide bonds. The fourth-order valence-corrected chi connectivity index (χ4v) is 2.92. The maximum absolute atomic E-state index is 13.8. The molecule has 0 fully saturated rings. The molecule has 0 aliphatic rings. The number of methoxy groups -OCH3 is 1. The summed E-state index contributed by atoms with van der Waals surface area (Å²) in [6, 6.07) is 9.93. The van der Waals surface area contributed by atoms with Crippen molar-refractivity contribution in [3.8, 4) is 5.75 Å². The molecule has 0 spiro atoms. The van der Waals surface area contributed by atoms with E-state index in [0.29, 0.717) is 21.3 Å². The van der Waals surface area contributed by atoms with Gasteiger partial charge in [-0.2, -0.15) is 0 Å². The maximum atomic E-state index is 13.8. The number of carbonyl (C=O) groups is 1. The van der Waals surface area contributed by atoms with Gasteiger partial charge in [0.25, 0.3) is 0 Å². The van der Waals surface area contributed by atoms with E-state index in [9.17, 15) is 14.3 Å². The van der Waals surface area contributed by atoms with Crippen molar-refractivity contribution in [1.82, 2.24) is 0 Å². The van der Waals surface area contributed by atoms with Crippen molar-refractivity contribution in [1.29, 1.82) is 0 Å². The van der Waals surface area contributed by atoms with Crippen LogP contribution in [0.1, 0.15) is 30.5 Å². The summed E-state index contributed by atoms with van der Waals surface area (Å²) in [5.74, 6) is -0.865. The molecule has 1 unspecified atom stereocenters. The van der Waals surface area contributed by atoms with Gasteiger partial charge in [0.15, 0.2) is 6.10 Å². The van der Waals surface area contributed by atoms with Gasteiger partial charge in [-0.25, -0.2) is 9.18 Å². The number of ether oxygens (including phenoxy) is 2. The fraction of sp³-hybridized carbons (Fsp3) is 0.333. The van der Waals surface area contributed by atoms with E-state index in [0.717, 1.165) is 5.56 Å². The lowest BCUT2D eigenvalue weighted by Gasteiger charge is -2.17. The van der Waals surface area contributed by atoms with Crippen LogP contribution in [0.4, 0.5) is 4.39 Å². The number of hydrogen-bond donors (Lipinski definition) is 1. The minimum Gasteiger partial charge on any atom is -0.496 e. The summed E-state index contributed by atoms with van der Waals surface area (Å²) in [5, 5.41) is 13.2. The molecule has 0 heterocycles. The summed E-state index contributed by atoms with van der Waals surface area (Å²) < 4.78 is 25.2. The van der Waals surface area contributed by atoms with Crippen molar-refractivity contribution in [2.24, 2.45) is 5.16 Å². The number of rotatable bonds is 10. The third-order valence-electron chi connectivity index (χ3n) is 3.93. The lowest BCUT2D eigenvalue weighted by atomic mass is 10.0. The second-order valence-corrected chi connectivity index (χ2v) is 7.45. The van der Waals surface area contributed by atoms with Gasteiger partial charge < -0.3 is 19.4 Å². The van der Waals surface area contributed by atoms with Gasteiger partial charge in [-0.1, -0.05) is 33.2 Å². The van der Waals surface area contributed by atoms with Crippen molar-refractivity contribution in [3.63, 3.8) is 0 Å². The van der Waals surface area contributed by atoms with E-state index in [2.05, 4.69) is 21.1 Å². The van der Waals surface area contributed by atoms with Crippen LogP contribution in [-0.2, 0) is 27.4 Å². The Morgan fingerprint density at radius 1 is 1.28 bits per heavy atom. The molecule has 0 bridgehead atoms. The van der Waals surface area contributed by atoms with Gasteiger partial charge in [-0.15, -0.1) is 0 Å². The van der Waals surface area contributed by atoms with Gasteiger partial charge in [0.1, 0.15) is 18.2 Å². The van der Waals surface area contributed by atoms with E-state index in [1.165, 1.54) is 19.4 Å². The van der Waals surface area contributed by atoms with Crippen LogP contribution in [0.3, 0.4) is 0 Å². The van der Waals surface area contributed by atoms with Crippen molar-refractivity contribution in [3.05, 3.63) is 63.4 Å². The summed E-state index contributed by atoms with van der Waals surface area (Å²) in [5.41, 5.74) is 1.73. The predicted octanol–water partition coefficient (Wildman–Crippen LogP) is 4.57. The summed E-state index contributed by atoms with van der Waals surface area (Å²) in [4.78, 5) is 16.6. The highest BCUT2D eigenvalue weighted by atomic mass is 79.9. The highest BCUT2D eigenvalue weighted by Gasteiger charge is 2.20. The Hall–Kier alpha value is -2.45. The van der Waals surface area contributed by atoms with Crippen LogP contribution in [-0.4, -0.2) is 36.6 Å². The number of nitrogens with zero attached hydrogens (tertiary/aromatic N) is 1. The zero-order chi connectivity index (χ0) is 21.4. The van der Waals surface area contributed by atoms with Crippen LogP contribution in [0, 0.1) is 5.82 Å². The molecular weight excluding hydrogens is 445 g/mol. The normalized spacial score (nSPS) is 12.3. The van der Waals surface area contributed by atoms with E-state index in [1.54, 1.807) is 44.2 Å². The van der Waals surface area contributed by atoms with Crippen LogP contribution in [0.25, 0.3) is 0 Å². The van der Waals surface area contributed by atoms with Gasteiger partial charge in [0, 0.05) is 22.0 Å². The number of carboxylic acid groups (broad SMARTS) is 1. The highest BCUT2D eigenvalue weighted by Crippen LogP contribution is 2.20. The molecule has 0 radical (unpaired) electrons. The first-order valence-electron chi connectivity index (χ1n) is 8.94. The van der Waals surface area contributed by atoms with E-state index in [1.807, 2.05) is 0 Å². The molecule has 0 saturated carbocycles. The summed E-state index contributed by atoms with van der Waals surface area (Å²) >= 11 is 3.20. The largest absolute Gasteiger partial charge is 0.496 e. The molecule has 8 heteroatoms. The minimum atomic E-state index is -1.02. The molecule has 156 valence electrons. The Kier molecular flexibility index (Phi) is 8.60. The number of aliphatic carboxylic acids is 1. The Morgan fingerprint density at radius 2 is 2.03 bits per heavy atom. The first-order valence-corrected chi connectivity index (χ1v) is 9.74. The molecule has 2 aromatic carbocycles. The zero-order valence-corrected chi connectivity index (χ0v) is 18.0. The van der Waals surface area contributed by atoms with Gasteiger partial charge in [0.2, 0.25) is 0 Å². The van der Waals surface area contributed by atoms with Crippen molar-refractivity contribution < 1.29 is 28.6 Å². The average molecular weight is 468 g/mol. The molecule has 0 aromatic heterocycles. The number of halogens is 2. The number of hydrogen-bond acceptors (Lipinski definition) is 5. The third-order valence-corrected chi connectivity index (χ3v) is 4.42. The quantitative estimate of drug-likeness (QED) is 0.409. The standard InChI is InChI=1S/C21H23BrFNO5/c1-13(2)29-20(21(25)26)9-14-4-7-19(27-3)16(8-14)11-24-28-12-15-5-6-17(22)10-18(15)23/h4-8,10-11,13,20H,9,12H2,1-3H3,(H,25,26). The van der Waals surface area contributed by atoms with Gasteiger partial charge >= 0.3 is 5.97 Å². The van der Waals surface area contributed by atoms with E-state index in [-0.39, 0.29) is 24.9 Å². The number of carboxylic acids is 1. The Bertz CT molecular complexity index is 872. The van der Waals surface area contributed by atoms with Crippen LogP contribution in [0.15, 0.2) is 46.0 Å². The zero-order valence-electron chi connectivity index (χ0n) is 16.4. The molecule has 0 saturated heterocycles. The molecule has 0 aliphatic heterocycles. The Labute approximate surface area is 177 Å². The second kappa shape index (κ2) is 10.9. The van der Waals surface area contributed by atoms with E-state index in [4.69, 9.17) is 14.3 Å². The summed E-state index contributed by atoms with van der Waals surface area (Å²) in [6.45, 7) is 3.54. The first-order chi connectivity index (χ1) is 13.8. The lowest BCUT2D eigenvalue weighted by Crippen LogP contribution is -2.29. The van der Waals surface area contributed by atoms with Crippen LogP contribution in [0.5, 0.6) is 5.75 Å². The van der Waals surface area contributed by atoms with Crippen LogP contribution >= 0.6 is 15.9 Å². The molecule has 29 heavy (non-hydrogen) atoms. The summed E-state index contributed by atoms with van der Waals surface area (Å²) in [7, 11) is 1.52. The van der Waals surface area contributed by atoms with Crippen LogP contribution < -0.4 is 4.74 Å². The number of benzene rings is 2. The van der Waals surface area contributed by atoms with E-state index >= 15 is 0 Å². The van der Waals surface area contributed by atoms with Crippen molar-refractivity contribution in [2.75, 3.05) is 7.11 Å². The molecule has 0 aliphatic carbocycles. The van der Waals surface area contributed by atoms with Gasteiger partial charge in [-0.3, -0.25) is 0 Å². The molecule has 1 N–H and O–H groups in total. The van der Waals surface area contributed by atoms with Crippen molar-refractivity contribution >= 4 is 28.1 Å². The Morgan fingerprint density at radius 3 is 2.66 bits per heavy atom. The minimum absolute atomic E-state index is 0.0268. The Balaban J connectivity index is 2.09. The third kappa shape index (κ3) is 7.14. The van der Waals surface area contributed by atoms with Crippen LogP contribution in [0.2, 0.25) is 0 Å². The topological polar surface area (TPSA) is 77.4 Å². The monoisotopic (exact) mass is 467 g/mol. The maximum Gasteiger partial charge on any atom is 0.333 e. The lowest BCUT2D eigenvalue weighted by molar-refractivity contribution is -0.153. The molecule has 6 nitrogen and oxygen atoms in total. The average Bonchev–Trinajstić information content (AvgIpc) is 2.66. The van der Waals surface area contributed by atoms with Crippen molar-refractivity contribution in [2.45, 2.75) is 39.1 Å². The van der Waals surface area contributed by atoms with Gasteiger partial charge in [0.05, 0.1) is 19.4 Å². The predicted molar refractivity (Wildman–Crippen MR) is 111 cm³/mol. The number of oxime groups is 1. The van der Waals surface area contributed by atoms with E-state index < -0.39 is 12.1 Å². The molecule has 1 atom stereocenters.